The van der Waals surface area contributed by atoms with E-state index in [0.717, 1.165) is 11.2 Å². The first-order valence-electron chi connectivity index (χ1n) is 5.28. The highest BCUT2D eigenvalue weighted by Crippen LogP contribution is 2.18. The van der Waals surface area contributed by atoms with Gasteiger partial charge in [-0.1, -0.05) is 18.2 Å². The highest BCUT2D eigenvalue weighted by molar-refractivity contribution is 5.78. The van der Waals surface area contributed by atoms with Gasteiger partial charge in [-0.05, 0) is 30.3 Å². The standard InChI is InChI=1S/C13H10FN3/c14-9-6-7-11-12(8-9)17-13(16-11)15-10-4-2-1-3-5-10/h1-8H,(H2,15,16,17). The lowest BCUT2D eigenvalue weighted by Crippen LogP contribution is -1.90. The summed E-state index contributed by atoms with van der Waals surface area (Å²) in [6.45, 7) is 0. The van der Waals surface area contributed by atoms with E-state index >= 15 is 0 Å². The van der Waals surface area contributed by atoms with Gasteiger partial charge in [0.1, 0.15) is 5.82 Å². The maximum atomic E-state index is 13.0. The summed E-state index contributed by atoms with van der Waals surface area (Å²) < 4.78 is 13.0. The minimum Gasteiger partial charge on any atom is -0.326 e. The zero-order valence-corrected chi connectivity index (χ0v) is 8.94. The van der Waals surface area contributed by atoms with Crippen LogP contribution >= 0.6 is 0 Å². The summed E-state index contributed by atoms with van der Waals surface area (Å²) in [6.07, 6.45) is 0. The van der Waals surface area contributed by atoms with Gasteiger partial charge in [0.05, 0.1) is 11.0 Å². The molecule has 1 heterocycles. The summed E-state index contributed by atoms with van der Waals surface area (Å²) in [6, 6.07) is 14.2. The van der Waals surface area contributed by atoms with Crippen LogP contribution in [0.4, 0.5) is 16.0 Å². The van der Waals surface area contributed by atoms with Gasteiger partial charge in [0.25, 0.3) is 0 Å². The number of benzene rings is 2. The van der Waals surface area contributed by atoms with Crippen LogP contribution < -0.4 is 5.32 Å². The van der Waals surface area contributed by atoms with Gasteiger partial charge in [-0.2, -0.15) is 0 Å². The monoisotopic (exact) mass is 227 g/mol. The topological polar surface area (TPSA) is 40.7 Å². The van der Waals surface area contributed by atoms with Crippen molar-refractivity contribution in [2.24, 2.45) is 0 Å². The molecule has 0 atom stereocenters. The molecule has 2 N–H and O–H groups in total. The first kappa shape index (κ1) is 9.84. The van der Waals surface area contributed by atoms with Gasteiger partial charge < -0.3 is 10.3 Å². The smallest absolute Gasteiger partial charge is 0.205 e. The summed E-state index contributed by atoms with van der Waals surface area (Å²) in [5.41, 5.74) is 2.36. The lowest BCUT2D eigenvalue weighted by atomic mass is 10.3. The largest absolute Gasteiger partial charge is 0.326 e. The van der Waals surface area contributed by atoms with Crippen LogP contribution in [0.5, 0.6) is 0 Å². The molecule has 0 amide bonds. The van der Waals surface area contributed by atoms with E-state index in [1.807, 2.05) is 30.3 Å². The Labute approximate surface area is 97.3 Å². The Morgan fingerprint density at radius 1 is 1.06 bits per heavy atom. The van der Waals surface area contributed by atoms with Crippen LogP contribution in [0.2, 0.25) is 0 Å². The second-order valence-electron chi connectivity index (χ2n) is 3.74. The maximum absolute atomic E-state index is 13.0. The molecule has 0 aliphatic heterocycles. The van der Waals surface area contributed by atoms with Crippen LogP contribution in [0.25, 0.3) is 11.0 Å². The van der Waals surface area contributed by atoms with Gasteiger partial charge in [0.15, 0.2) is 0 Å². The molecule has 0 spiro atoms. The van der Waals surface area contributed by atoms with Crippen molar-refractivity contribution in [2.75, 3.05) is 5.32 Å². The molecule has 2 aromatic carbocycles. The number of para-hydroxylation sites is 1. The van der Waals surface area contributed by atoms with Crippen molar-refractivity contribution in [3.05, 3.63) is 54.3 Å². The molecule has 0 aliphatic rings. The number of halogens is 1. The zero-order chi connectivity index (χ0) is 11.7. The highest BCUT2D eigenvalue weighted by atomic mass is 19.1. The minimum atomic E-state index is -0.271. The fraction of sp³-hybridized carbons (Fsp3) is 0. The number of hydrogen-bond acceptors (Lipinski definition) is 2. The van der Waals surface area contributed by atoms with Gasteiger partial charge in [0, 0.05) is 5.69 Å². The molecule has 1 aromatic heterocycles. The molecule has 0 unspecified atom stereocenters. The average molecular weight is 227 g/mol. The van der Waals surface area contributed by atoms with Crippen molar-refractivity contribution in [3.63, 3.8) is 0 Å². The van der Waals surface area contributed by atoms with E-state index < -0.39 is 0 Å². The maximum Gasteiger partial charge on any atom is 0.205 e. The first-order valence-corrected chi connectivity index (χ1v) is 5.28. The number of anilines is 2. The zero-order valence-electron chi connectivity index (χ0n) is 8.94. The van der Waals surface area contributed by atoms with Gasteiger partial charge in [-0.3, -0.25) is 0 Å². The van der Waals surface area contributed by atoms with Crippen molar-refractivity contribution in [3.8, 4) is 0 Å². The number of hydrogen-bond donors (Lipinski definition) is 2. The van der Waals surface area contributed by atoms with Crippen molar-refractivity contribution < 1.29 is 4.39 Å². The highest BCUT2D eigenvalue weighted by Gasteiger charge is 2.03. The van der Waals surface area contributed by atoms with Gasteiger partial charge in [-0.25, -0.2) is 9.37 Å². The summed E-state index contributed by atoms with van der Waals surface area (Å²) in [5, 5.41) is 3.12. The second kappa shape index (κ2) is 3.90. The number of rotatable bonds is 2. The average Bonchev–Trinajstić information content (AvgIpc) is 2.71. The lowest BCUT2D eigenvalue weighted by Gasteiger charge is -2.00. The third-order valence-corrected chi connectivity index (χ3v) is 2.48. The Balaban J connectivity index is 1.96. The minimum absolute atomic E-state index is 0.271. The number of imidazole rings is 1. The molecule has 3 aromatic rings. The molecule has 3 nitrogen and oxygen atoms in total. The van der Waals surface area contributed by atoms with Crippen LogP contribution in [0, 0.1) is 5.82 Å². The van der Waals surface area contributed by atoms with E-state index in [9.17, 15) is 4.39 Å². The number of aromatic nitrogens is 2. The number of H-pyrrole nitrogens is 1. The van der Waals surface area contributed by atoms with Crippen molar-refractivity contribution >= 4 is 22.7 Å². The van der Waals surface area contributed by atoms with E-state index in [-0.39, 0.29) is 5.82 Å². The second-order valence-corrected chi connectivity index (χ2v) is 3.74. The van der Waals surface area contributed by atoms with E-state index in [2.05, 4.69) is 15.3 Å². The van der Waals surface area contributed by atoms with Crippen LogP contribution in [0.1, 0.15) is 0 Å². The molecule has 3 rings (SSSR count). The number of nitrogens with one attached hydrogen (secondary N) is 2. The molecule has 84 valence electrons. The Bertz CT molecular complexity index is 646. The molecule has 0 bridgehead atoms. The first-order chi connectivity index (χ1) is 8.31. The molecule has 0 aliphatic carbocycles. The van der Waals surface area contributed by atoms with Crippen LogP contribution in [-0.2, 0) is 0 Å². The summed E-state index contributed by atoms with van der Waals surface area (Å²) in [5.74, 6) is 0.337. The van der Waals surface area contributed by atoms with Crippen LogP contribution in [-0.4, -0.2) is 9.97 Å². The number of fused-ring (bicyclic) bond motifs is 1. The predicted molar refractivity (Wildman–Crippen MR) is 65.8 cm³/mol. The predicted octanol–water partition coefficient (Wildman–Crippen LogP) is 3.45. The molecule has 0 fully saturated rings. The van der Waals surface area contributed by atoms with Gasteiger partial charge >= 0.3 is 0 Å². The Morgan fingerprint density at radius 2 is 1.88 bits per heavy atom. The molecule has 0 saturated heterocycles. The molecule has 0 saturated carbocycles. The Morgan fingerprint density at radius 3 is 2.71 bits per heavy atom. The normalized spacial score (nSPS) is 10.6. The number of aromatic amines is 1. The van der Waals surface area contributed by atoms with Crippen LogP contribution in [0.15, 0.2) is 48.5 Å². The Hall–Kier alpha value is -2.36. The van der Waals surface area contributed by atoms with E-state index in [1.54, 1.807) is 6.07 Å². The summed E-state index contributed by atoms with van der Waals surface area (Å²) in [7, 11) is 0. The fourth-order valence-corrected chi connectivity index (χ4v) is 1.70. The van der Waals surface area contributed by atoms with Gasteiger partial charge in [-0.15, -0.1) is 0 Å². The van der Waals surface area contributed by atoms with Crippen LogP contribution in [0.3, 0.4) is 0 Å². The van der Waals surface area contributed by atoms with E-state index in [0.29, 0.717) is 11.5 Å². The number of nitrogens with zero attached hydrogens (tertiary/aromatic N) is 1. The lowest BCUT2D eigenvalue weighted by molar-refractivity contribution is 0.629. The molecule has 0 radical (unpaired) electrons. The Kier molecular flexibility index (Phi) is 2.26. The van der Waals surface area contributed by atoms with E-state index in [4.69, 9.17) is 0 Å². The molecular weight excluding hydrogens is 217 g/mol. The fourth-order valence-electron chi connectivity index (χ4n) is 1.70. The van der Waals surface area contributed by atoms with Gasteiger partial charge in [0.2, 0.25) is 5.95 Å². The summed E-state index contributed by atoms with van der Waals surface area (Å²) in [4.78, 5) is 7.34. The quantitative estimate of drug-likeness (QED) is 0.704. The molecular formula is C13H10FN3. The molecule has 4 heteroatoms. The molecule has 17 heavy (non-hydrogen) atoms. The summed E-state index contributed by atoms with van der Waals surface area (Å²) >= 11 is 0. The van der Waals surface area contributed by atoms with Crippen molar-refractivity contribution in [1.29, 1.82) is 0 Å². The SMILES string of the molecule is Fc1ccc2nc(Nc3ccccc3)[nH]c2c1. The van der Waals surface area contributed by atoms with Crippen molar-refractivity contribution in [2.45, 2.75) is 0 Å². The van der Waals surface area contributed by atoms with Crippen molar-refractivity contribution in [1.82, 2.24) is 9.97 Å². The van der Waals surface area contributed by atoms with E-state index in [1.165, 1.54) is 12.1 Å². The third-order valence-electron chi connectivity index (χ3n) is 2.48. The third kappa shape index (κ3) is 1.97.